The summed E-state index contributed by atoms with van der Waals surface area (Å²) in [5.74, 6) is 0.553. The van der Waals surface area contributed by atoms with Crippen LogP contribution < -0.4 is 19.5 Å². The van der Waals surface area contributed by atoms with Gasteiger partial charge in [-0.3, -0.25) is 4.79 Å². The molecular formula is C12H15NO5. The number of carboxylic acid groups (broad SMARTS) is 1. The Kier molecular flexibility index (Phi) is 3.57. The molecule has 0 aromatic heterocycles. The number of likely N-dealkylation sites (N-methyl/N-ethyl adjacent to an activating group) is 1. The van der Waals surface area contributed by atoms with Gasteiger partial charge in [-0.25, -0.2) is 0 Å². The third kappa shape index (κ3) is 2.19. The van der Waals surface area contributed by atoms with E-state index in [1.807, 2.05) is 6.92 Å². The Labute approximate surface area is 104 Å². The van der Waals surface area contributed by atoms with E-state index >= 15 is 0 Å². The van der Waals surface area contributed by atoms with Crippen LogP contribution in [-0.4, -0.2) is 31.5 Å². The van der Waals surface area contributed by atoms with Crippen LogP contribution in [0.2, 0.25) is 0 Å². The Bertz CT molecular complexity index is 460. The molecule has 6 heteroatoms. The first kappa shape index (κ1) is 12.5. The number of aliphatic carboxylic acids is 1. The molecule has 1 heterocycles. The van der Waals surface area contributed by atoms with Gasteiger partial charge in [0.25, 0.3) is 0 Å². The van der Waals surface area contributed by atoms with Crippen molar-refractivity contribution in [2.45, 2.75) is 13.0 Å². The van der Waals surface area contributed by atoms with Gasteiger partial charge >= 0.3 is 5.97 Å². The van der Waals surface area contributed by atoms with Crippen LogP contribution in [0.1, 0.15) is 18.5 Å². The van der Waals surface area contributed by atoms with Crippen LogP contribution >= 0.6 is 0 Å². The highest BCUT2D eigenvalue weighted by molar-refractivity contribution is 5.76. The second-order valence-corrected chi connectivity index (χ2v) is 3.79. The summed E-state index contributed by atoms with van der Waals surface area (Å²) in [5, 5.41) is 12.1. The fraction of sp³-hybridized carbons (Fsp3) is 0.417. The van der Waals surface area contributed by atoms with E-state index in [-0.39, 0.29) is 6.79 Å². The van der Waals surface area contributed by atoms with Gasteiger partial charge in [-0.2, -0.15) is 0 Å². The van der Waals surface area contributed by atoms with E-state index in [1.165, 1.54) is 7.11 Å². The largest absolute Gasteiger partial charge is 0.493 e. The summed E-state index contributed by atoms with van der Waals surface area (Å²) in [6, 6.07) is 2.51. The van der Waals surface area contributed by atoms with Gasteiger partial charge in [0, 0.05) is 0 Å². The van der Waals surface area contributed by atoms with Crippen LogP contribution in [0.4, 0.5) is 0 Å². The van der Waals surface area contributed by atoms with Crippen molar-refractivity contribution in [2.75, 3.05) is 20.4 Å². The molecule has 0 fully saturated rings. The highest BCUT2D eigenvalue weighted by Gasteiger charge is 2.25. The zero-order valence-electron chi connectivity index (χ0n) is 10.2. The second-order valence-electron chi connectivity index (χ2n) is 3.79. The van der Waals surface area contributed by atoms with Crippen LogP contribution in [-0.2, 0) is 4.79 Å². The summed E-state index contributed by atoms with van der Waals surface area (Å²) in [6.45, 7) is 2.52. The Morgan fingerprint density at radius 2 is 2.33 bits per heavy atom. The lowest BCUT2D eigenvalue weighted by Crippen LogP contribution is -2.28. The van der Waals surface area contributed by atoms with Crippen molar-refractivity contribution in [3.8, 4) is 17.2 Å². The fourth-order valence-electron chi connectivity index (χ4n) is 1.87. The predicted octanol–water partition coefficient (Wildman–Crippen LogP) is 1.16. The molecule has 98 valence electrons. The quantitative estimate of drug-likeness (QED) is 0.820. The summed E-state index contributed by atoms with van der Waals surface area (Å²) in [4.78, 5) is 11.2. The first-order valence-corrected chi connectivity index (χ1v) is 5.61. The van der Waals surface area contributed by atoms with Gasteiger partial charge in [-0.05, 0) is 24.2 Å². The monoisotopic (exact) mass is 253 g/mol. The molecule has 1 aromatic carbocycles. The average molecular weight is 253 g/mol. The van der Waals surface area contributed by atoms with Crippen molar-refractivity contribution in [2.24, 2.45) is 0 Å². The number of methoxy groups -OCH3 is 1. The molecule has 1 aliphatic rings. The molecule has 0 aliphatic carbocycles. The summed E-state index contributed by atoms with van der Waals surface area (Å²) in [5.41, 5.74) is 0.574. The van der Waals surface area contributed by atoms with Crippen LogP contribution in [0.3, 0.4) is 0 Å². The predicted molar refractivity (Wildman–Crippen MR) is 63.2 cm³/mol. The lowest BCUT2D eigenvalue weighted by molar-refractivity contribution is -0.139. The van der Waals surface area contributed by atoms with Crippen molar-refractivity contribution in [3.63, 3.8) is 0 Å². The maximum Gasteiger partial charge on any atom is 0.325 e. The molecule has 1 unspecified atom stereocenters. The van der Waals surface area contributed by atoms with Crippen LogP contribution in [0.15, 0.2) is 12.1 Å². The molecule has 0 radical (unpaired) electrons. The van der Waals surface area contributed by atoms with E-state index < -0.39 is 12.0 Å². The maximum atomic E-state index is 11.2. The van der Waals surface area contributed by atoms with Gasteiger partial charge in [-0.1, -0.05) is 6.92 Å². The van der Waals surface area contributed by atoms with Crippen molar-refractivity contribution in [1.82, 2.24) is 5.32 Å². The molecule has 18 heavy (non-hydrogen) atoms. The fourth-order valence-corrected chi connectivity index (χ4v) is 1.87. The lowest BCUT2D eigenvalue weighted by Gasteiger charge is -2.15. The Balaban J connectivity index is 2.41. The number of benzene rings is 1. The normalized spacial score (nSPS) is 14.3. The number of fused-ring (bicyclic) bond motifs is 1. The van der Waals surface area contributed by atoms with Crippen molar-refractivity contribution in [1.29, 1.82) is 0 Å². The summed E-state index contributed by atoms with van der Waals surface area (Å²) in [7, 11) is 1.50. The van der Waals surface area contributed by atoms with E-state index in [4.69, 9.17) is 14.2 Å². The van der Waals surface area contributed by atoms with Crippen molar-refractivity contribution < 1.29 is 24.1 Å². The minimum atomic E-state index is -0.947. The van der Waals surface area contributed by atoms with Crippen molar-refractivity contribution in [3.05, 3.63) is 17.7 Å². The molecule has 0 bridgehead atoms. The minimum absolute atomic E-state index is 0.119. The van der Waals surface area contributed by atoms with Gasteiger partial charge in [0.15, 0.2) is 11.5 Å². The summed E-state index contributed by atoms with van der Waals surface area (Å²) < 4.78 is 15.7. The summed E-state index contributed by atoms with van der Waals surface area (Å²) >= 11 is 0. The number of nitrogens with one attached hydrogen (secondary N) is 1. The Hall–Kier alpha value is -1.95. The highest BCUT2D eigenvalue weighted by atomic mass is 16.7. The van der Waals surface area contributed by atoms with E-state index in [9.17, 15) is 9.90 Å². The number of carboxylic acids is 1. The zero-order chi connectivity index (χ0) is 13.1. The van der Waals surface area contributed by atoms with Gasteiger partial charge in [-0.15, -0.1) is 0 Å². The molecule has 1 aromatic rings. The van der Waals surface area contributed by atoms with Gasteiger partial charge in [0.1, 0.15) is 6.04 Å². The first-order valence-electron chi connectivity index (χ1n) is 5.61. The van der Waals surface area contributed by atoms with E-state index in [1.54, 1.807) is 12.1 Å². The Morgan fingerprint density at radius 3 is 2.94 bits per heavy atom. The topological polar surface area (TPSA) is 77.0 Å². The number of carbonyl (C=O) groups is 1. The molecular weight excluding hydrogens is 238 g/mol. The summed E-state index contributed by atoms with van der Waals surface area (Å²) in [6.07, 6.45) is 0. The Morgan fingerprint density at radius 1 is 1.56 bits per heavy atom. The molecule has 1 atom stereocenters. The second kappa shape index (κ2) is 5.14. The number of rotatable bonds is 5. The molecule has 0 saturated carbocycles. The maximum absolute atomic E-state index is 11.2. The van der Waals surface area contributed by atoms with Crippen LogP contribution in [0, 0.1) is 0 Å². The molecule has 1 aliphatic heterocycles. The highest BCUT2D eigenvalue weighted by Crippen LogP contribution is 2.42. The standard InChI is InChI=1S/C12H15NO5/c1-3-13-10(12(14)15)7-4-8(16-2)11-9(5-7)17-6-18-11/h4-5,10,13H,3,6H2,1-2H3,(H,14,15). The number of hydrogen-bond donors (Lipinski definition) is 2. The number of hydrogen-bond acceptors (Lipinski definition) is 5. The van der Waals surface area contributed by atoms with Gasteiger partial charge < -0.3 is 24.6 Å². The average Bonchev–Trinajstić information content (AvgIpc) is 2.82. The minimum Gasteiger partial charge on any atom is -0.493 e. The first-order chi connectivity index (χ1) is 8.67. The van der Waals surface area contributed by atoms with Gasteiger partial charge in [0.2, 0.25) is 12.5 Å². The van der Waals surface area contributed by atoms with Gasteiger partial charge in [0.05, 0.1) is 7.11 Å². The SMILES string of the molecule is CCNC(C(=O)O)c1cc(OC)c2c(c1)OCO2. The van der Waals surface area contributed by atoms with Crippen molar-refractivity contribution >= 4 is 5.97 Å². The number of ether oxygens (including phenoxy) is 3. The van der Waals surface area contributed by atoms with E-state index in [0.717, 1.165) is 0 Å². The van der Waals surface area contributed by atoms with Crippen LogP contribution in [0.25, 0.3) is 0 Å². The molecule has 6 nitrogen and oxygen atoms in total. The molecule has 2 N–H and O–H groups in total. The molecule has 2 rings (SSSR count). The van der Waals surface area contributed by atoms with E-state index in [2.05, 4.69) is 5.32 Å². The smallest absolute Gasteiger partial charge is 0.325 e. The third-order valence-corrected chi connectivity index (χ3v) is 2.67. The zero-order valence-corrected chi connectivity index (χ0v) is 10.2. The lowest BCUT2D eigenvalue weighted by atomic mass is 10.1. The third-order valence-electron chi connectivity index (χ3n) is 2.67. The molecule has 0 amide bonds. The molecule has 0 saturated heterocycles. The van der Waals surface area contributed by atoms with Crippen LogP contribution in [0.5, 0.6) is 17.2 Å². The molecule has 0 spiro atoms. The van der Waals surface area contributed by atoms with E-state index in [0.29, 0.717) is 29.4 Å².